The van der Waals surface area contributed by atoms with Gasteiger partial charge in [0.25, 0.3) is 5.91 Å². The third-order valence-corrected chi connectivity index (χ3v) is 3.75. The Labute approximate surface area is 148 Å². The zero-order chi connectivity index (χ0) is 18.4. The van der Waals surface area contributed by atoms with Crippen LogP contribution in [0.5, 0.6) is 5.75 Å². The highest BCUT2D eigenvalue weighted by molar-refractivity contribution is 5.97. The number of nitrogens with zero attached hydrogens (tertiary/aromatic N) is 1. The van der Waals surface area contributed by atoms with Gasteiger partial charge in [0.05, 0.1) is 11.8 Å². The van der Waals surface area contributed by atoms with Gasteiger partial charge in [0.15, 0.2) is 0 Å². The van der Waals surface area contributed by atoms with Crippen molar-refractivity contribution < 1.29 is 9.90 Å². The molecule has 0 aliphatic carbocycles. The van der Waals surface area contributed by atoms with E-state index in [2.05, 4.69) is 55.6 Å². The summed E-state index contributed by atoms with van der Waals surface area (Å²) >= 11 is 0. The van der Waals surface area contributed by atoms with Crippen LogP contribution in [0.3, 0.4) is 0 Å². The molecule has 0 saturated carbocycles. The lowest BCUT2D eigenvalue weighted by atomic mass is 9.86. The van der Waals surface area contributed by atoms with Crippen molar-refractivity contribution in [2.24, 2.45) is 5.10 Å². The number of carbonyl (C=O) groups is 1. The third kappa shape index (κ3) is 5.31. The average Bonchev–Trinajstić information content (AvgIpc) is 2.54. The number of hydrogen-bond donors (Lipinski definition) is 2. The summed E-state index contributed by atoms with van der Waals surface area (Å²) in [4.78, 5) is 11.9. The van der Waals surface area contributed by atoms with Crippen LogP contribution in [0.4, 0.5) is 0 Å². The molecule has 4 heteroatoms. The lowest BCUT2D eigenvalue weighted by Gasteiger charge is -2.18. The second-order valence-corrected chi connectivity index (χ2v) is 6.98. The highest BCUT2D eigenvalue weighted by Crippen LogP contribution is 2.22. The Bertz CT molecular complexity index is 797. The van der Waals surface area contributed by atoms with Gasteiger partial charge in [0, 0.05) is 0 Å². The lowest BCUT2D eigenvalue weighted by Crippen LogP contribution is -2.17. The first-order chi connectivity index (χ1) is 11.8. The fourth-order valence-corrected chi connectivity index (χ4v) is 2.30. The summed E-state index contributed by atoms with van der Waals surface area (Å²) in [5, 5.41) is 13.6. The topological polar surface area (TPSA) is 61.7 Å². The van der Waals surface area contributed by atoms with Crippen LogP contribution in [0.2, 0.25) is 0 Å². The number of benzene rings is 2. The van der Waals surface area contributed by atoms with Crippen LogP contribution in [0.15, 0.2) is 59.2 Å². The van der Waals surface area contributed by atoms with Crippen LogP contribution in [0, 0.1) is 0 Å². The Morgan fingerprint density at radius 2 is 1.72 bits per heavy atom. The molecule has 130 valence electrons. The Balaban J connectivity index is 2.00. The fourth-order valence-electron chi connectivity index (χ4n) is 2.30. The van der Waals surface area contributed by atoms with E-state index in [1.54, 1.807) is 24.4 Å². The predicted molar refractivity (Wildman–Crippen MR) is 103 cm³/mol. The number of amides is 1. The van der Waals surface area contributed by atoms with Gasteiger partial charge in [-0.3, -0.25) is 4.79 Å². The van der Waals surface area contributed by atoms with Gasteiger partial charge >= 0.3 is 0 Å². The molecule has 0 unspecified atom stereocenters. The highest BCUT2D eigenvalue weighted by atomic mass is 16.3. The van der Waals surface area contributed by atoms with Gasteiger partial charge in [-0.2, -0.15) is 5.10 Å². The Hall–Kier alpha value is -2.88. The second kappa shape index (κ2) is 7.79. The number of rotatable bonds is 4. The van der Waals surface area contributed by atoms with E-state index in [1.165, 1.54) is 11.6 Å². The molecule has 2 aromatic carbocycles. The molecule has 0 spiro atoms. The van der Waals surface area contributed by atoms with Gasteiger partial charge in [0.1, 0.15) is 5.75 Å². The average molecular weight is 336 g/mol. The van der Waals surface area contributed by atoms with E-state index in [-0.39, 0.29) is 16.7 Å². The Kier molecular flexibility index (Phi) is 5.75. The van der Waals surface area contributed by atoms with E-state index < -0.39 is 5.91 Å². The first kappa shape index (κ1) is 18.5. The van der Waals surface area contributed by atoms with Gasteiger partial charge < -0.3 is 5.11 Å². The van der Waals surface area contributed by atoms with Gasteiger partial charge in [-0.15, -0.1) is 0 Å². The van der Waals surface area contributed by atoms with Crippen LogP contribution >= 0.6 is 0 Å². The highest BCUT2D eigenvalue weighted by Gasteiger charge is 2.12. The summed E-state index contributed by atoms with van der Waals surface area (Å²) in [5.41, 5.74) is 6.00. The zero-order valence-corrected chi connectivity index (χ0v) is 15.1. The van der Waals surface area contributed by atoms with Crippen molar-refractivity contribution in [3.63, 3.8) is 0 Å². The Morgan fingerprint density at radius 3 is 2.32 bits per heavy atom. The summed E-state index contributed by atoms with van der Waals surface area (Å²) < 4.78 is 0. The number of phenols is 1. The van der Waals surface area contributed by atoms with Crippen LogP contribution in [-0.4, -0.2) is 17.2 Å². The molecule has 0 bridgehead atoms. The predicted octanol–water partition coefficient (Wildman–Crippen LogP) is 4.51. The zero-order valence-electron chi connectivity index (χ0n) is 15.1. The van der Waals surface area contributed by atoms with Crippen molar-refractivity contribution >= 4 is 18.2 Å². The van der Waals surface area contributed by atoms with Crippen molar-refractivity contribution in [2.75, 3.05) is 0 Å². The van der Waals surface area contributed by atoms with Crippen molar-refractivity contribution in [2.45, 2.75) is 33.1 Å². The number of aromatic hydroxyl groups is 1. The molecule has 1 amide bonds. The first-order valence-corrected chi connectivity index (χ1v) is 8.17. The van der Waals surface area contributed by atoms with E-state index in [4.69, 9.17) is 0 Å². The van der Waals surface area contributed by atoms with Crippen molar-refractivity contribution in [1.29, 1.82) is 0 Å². The van der Waals surface area contributed by atoms with Crippen LogP contribution < -0.4 is 5.43 Å². The van der Waals surface area contributed by atoms with Gasteiger partial charge in [-0.1, -0.05) is 63.2 Å². The molecular weight excluding hydrogens is 312 g/mol. The number of phenolic OH excluding ortho intramolecular Hbond substituents is 1. The minimum atomic E-state index is -0.448. The molecule has 0 radical (unpaired) electrons. The minimum absolute atomic E-state index is 0.0681. The fraction of sp³-hybridized carbons (Fsp3) is 0.238. The van der Waals surface area contributed by atoms with Crippen LogP contribution in [-0.2, 0) is 5.41 Å². The molecule has 4 nitrogen and oxygen atoms in total. The summed E-state index contributed by atoms with van der Waals surface area (Å²) in [6.07, 6.45) is 3.57. The maximum Gasteiger partial charge on any atom is 0.275 e. The van der Waals surface area contributed by atoms with E-state index in [9.17, 15) is 9.90 Å². The number of hydrazone groups is 1. The maximum atomic E-state index is 11.9. The van der Waals surface area contributed by atoms with Gasteiger partial charge in [-0.25, -0.2) is 5.43 Å². The molecule has 0 aliphatic rings. The first-order valence-electron chi connectivity index (χ1n) is 8.17. The largest absolute Gasteiger partial charge is 0.507 e. The summed E-state index contributed by atoms with van der Waals surface area (Å²) in [5.74, 6) is -0.516. The van der Waals surface area contributed by atoms with Crippen LogP contribution in [0.1, 0.15) is 49.2 Å². The Morgan fingerprint density at radius 1 is 1.08 bits per heavy atom. The molecule has 0 aromatic heterocycles. The van der Waals surface area contributed by atoms with Crippen molar-refractivity contribution in [3.05, 3.63) is 70.8 Å². The molecule has 2 N–H and O–H groups in total. The van der Waals surface area contributed by atoms with Crippen molar-refractivity contribution in [3.8, 4) is 5.75 Å². The number of nitrogens with one attached hydrogen (secondary N) is 1. The standard InChI is InChI=1S/C21H24N2O2/c1-15(13-16-9-11-17(12-10-16)21(2,3)4)14-22-23-20(25)18-7-5-6-8-19(18)24/h5-14,24H,1-4H3,(H,23,25)/b15-13?,22-14-. The third-order valence-electron chi connectivity index (χ3n) is 3.75. The SMILES string of the molecule is CC(=Cc1ccc(C(C)(C)C)cc1)/C=N\NC(=O)c1ccccc1O. The molecule has 0 atom stereocenters. The maximum absolute atomic E-state index is 11.9. The molecule has 0 fully saturated rings. The smallest absolute Gasteiger partial charge is 0.275 e. The minimum Gasteiger partial charge on any atom is -0.507 e. The normalized spacial score (nSPS) is 12.4. The van der Waals surface area contributed by atoms with Crippen LogP contribution in [0.25, 0.3) is 6.08 Å². The van der Waals surface area contributed by atoms with E-state index in [0.717, 1.165) is 11.1 Å². The van der Waals surface area contributed by atoms with Gasteiger partial charge in [-0.05, 0) is 41.2 Å². The number of carbonyl (C=O) groups excluding carboxylic acids is 1. The molecule has 0 heterocycles. The molecule has 2 aromatic rings. The quantitative estimate of drug-likeness (QED) is 0.637. The summed E-state index contributed by atoms with van der Waals surface area (Å²) in [6.45, 7) is 8.46. The molecular formula is C21H24N2O2. The number of allylic oxidation sites excluding steroid dienone is 1. The van der Waals surface area contributed by atoms with E-state index in [0.29, 0.717) is 0 Å². The van der Waals surface area contributed by atoms with Crippen molar-refractivity contribution in [1.82, 2.24) is 5.43 Å². The number of para-hydroxylation sites is 1. The molecule has 25 heavy (non-hydrogen) atoms. The monoisotopic (exact) mass is 336 g/mol. The molecule has 0 aliphatic heterocycles. The second-order valence-electron chi connectivity index (χ2n) is 6.98. The van der Waals surface area contributed by atoms with E-state index >= 15 is 0 Å². The van der Waals surface area contributed by atoms with Gasteiger partial charge in [0.2, 0.25) is 0 Å². The molecule has 2 rings (SSSR count). The summed E-state index contributed by atoms with van der Waals surface area (Å²) in [6, 6.07) is 14.7. The number of hydrogen-bond acceptors (Lipinski definition) is 3. The lowest BCUT2D eigenvalue weighted by molar-refractivity contribution is 0.0952. The van der Waals surface area contributed by atoms with E-state index in [1.807, 2.05) is 13.0 Å². The molecule has 0 saturated heterocycles. The summed E-state index contributed by atoms with van der Waals surface area (Å²) in [7, 11) is 0.